The van der Waals surface area contributed by atoms with Crippen molar-refractivity contribution in [3.63, 3.8) is 0 Å². The fraction of sp³-hybridized carbons (Fsp3) is 0.516. The van der Waals surface area contributed by atoms with Gasteiger partial charge in [0.2, 0.25) is 15.9 Å². The first kappa shape index (κ1) is 31.2. The van der Waals surface area contributed by atoms with E-state index in [0.717, 1.165) is 59.0 Å². The molecular formula is C31H44N4O5S. The van der Waals surface area contributed by atoms with Crippen molar-refractivity contribution in [3.05, 3.63) is 59.3 Å². The molecule has 4 rings (SSSR count). The number of fused-ring (bicyclic) bond motifs is 1. The number of hydrogen-bond donors (Lipinski definition) is 3. The van der Waals surface area contributed by atoms with Gasteiger partial charge in [-0.2, -0.15) is 0 Å². The largest absolute Gasteiger partial charge is 0.385 e. The summed E-state index contributed by atoms with van der Waals surface area (Å²) < 4.78 is 37.5. The van der Waals surface area contributed by atoms with Gasteiger partial charge in [0.05, 0.1) is 18.8 Å². The van der Waals surface area contributed by atoms with Crippen molar-refractivity contribution in [2.45, 2.75) is 57.5 Å². The first-order valence-electron chi connectivity index (χ1n) is 14.5. The molecule has 4 N–H and O–H groups in total. The van der Waals surface area contributed by atoms with E-state index in [-0.39, 0.29) is 30.0 Å². The Hall–Kier alpha value is -2.76. The standard InChI is InChI=1S/C31H44N4O5S/c1-4-27(21-40-3)33-19-22-7-5-8-24(15-22)25-16-26(18-30(32)36)31-28(17-25)29(20-34-31)23-9-11-35(12-10-23)41(37,38)14-6-13-39-2/h5,7-8,15-17,20,23,27,33-34H,4,6,9-14,18-19,21H2,1-3H3,(H2,32,36). The van der Waals surface area contributed by atoms with Gasteiger partial charge in [0.15, 0.2) is 0 Å². The lowest BCUT2D eigenvalue weighted by molar-refractivity contribution is -0.117. The van der Waals surface area contributed by atoms with E-state index in [1.165, 1.54) is 5.56 Å². The maximum absolute atomic E-state index is 12.8. The number of carbonyl (C=O) groups excluding carboxylic acids is 1. The van der Waals surface area contributed by atoms with Crippen LogP contribution >= 0.6 is 0 Å². The van der Waals surface area contributed by atoms with E-state index in [1.807, 2.05) is 6.20 Å². The van der Waals surface area contributed by atoms with E-state index in [1.54, 1.807) is 18.5 Å². The first-order valence-corrected chi connectivity index (χ1v) is 16.1. The second-order valence-corrected chi connectivity index (χ2v) is 13.0. The lowest BCUT2D eigenvalue weighted by Gasteiger charge is -2.31. The van der Waals surface area contributed by atoms with E-state index in [9.17, 15) is 13.2 Å². The molecule has 0 spiro atoms. The lowest BCUT2D eigenvalue weighted by atomic mass is 9.88. The highest BCUT2D eigenvalue weighted by atomic mass is 32.2. The molecule has 0 saturated carbocycles. The van der Waals surface area contributed by atoms with Crippen LogP contribution in [-0.2, 0) is 37.3 Å². The van der Waals surface area contributed by atoms with Crippen LogP contribution in [0.2, 0.25) is 0 Å². The molecule has 2 aromatic carbocycles. The average Bonchev–Trinajstić information content (AvgIpc) is 3.40. The van der Waals surface area contributed by atoms with E-state index in [4.69, 9.17) is 15.2 Å². The molecule has 0 aliphatic carbocycles. The summed E-state index contributed by atoms with van der Waals surface area (Å²) in [5.41, 5.74) is 11.8. The molecular weight excluding hydrogens is 540 g/mol. The molecule has 1 amide bonds. The molecule has 1 saturated heterocycles. The predicted octanol–water partition coefficient (Wildman–Crippen LogP) is 3.92. The molecule has 1 aliphatic heterocycles. The third kappa shape index (κ3) is 7.96. The van der Waals surface area contributed by atoms with E-state index in [2.05, 4.69) is 53.6 Å². The number of carbonyl (C=O) groups is 1. The number of methoxy groups -OCH3 is 2. The molecule has 0 bridgehead atoms. The zero-order valence-corrected chi connectivity index (χ0v) is 25.3. The van der Waals surface area contributed by atoms with Crippen molar-refractivity contribution in [1.82, 2.24) is 14.6 Å². The normalized spacial score (nSPS) is 15.9. The Bertz CT molecular complexity index is 1410. The van der Waals surface area contributed by atoms with Crippen molar-refractivity contribution in [3.8, 4) is 11.1 Å². The van der Waals surface area contributed by atoms with Gasteiger partial charge in [-0.3, -0.25) is 4.79 Å². The first-order chi connectivity index (χ1) is 19.7. The number of aromatic nitrogens is 1. The smallest absolute Gasteiger partial charge is 0.221 e. The van der Waals surface area contributed by atoms with Gasteiger partial charge in [0, 0.05) is 63.6 Å². The number of primary amides is 1. The van der Waals surface area contributed by atoms with Crippen LogP contribution in [0.15, 0.2) is 42.6 Å². The van der Waals surface area contributed by atoms with Gasteiger partial charge in [0.25, 0.3) is 0 Å². The Balaban J connectivity index is 1.59. The Labute approximate surface area is 243 Å². The summed E-state index contributed by atoms with van der Waals surface area (Å²) in [5.74, 6) is -0.0557. The number of piperidine rings is 1. The minimum atomic E-state index is -3.29. The van der Waals surface area contributed by atoms with Gasteiger partial charge >= 0.3 is 0 Å². The molecule has 1 unspecified atom stereocenters. The molecule has 3 aromatic rings. The SMILES string of the molecule is CCC(COC)NCc1cccc(-c2cc(CC(N)=O)c3[nH]cc(C4CCN(S(=O)(=O)CCCOC)CC4)c3c2)c1. The van der Waals surface area contributed by atoms with Gasteiger partial charge < -0.3 is 25.5 Å². The molecule has 224 valence electrons. The number of nitrogens with one attached hydrogen (secondary N) is 2. The van der Waals surface area contributed by atoms with Crippen molar-refractivity contribution >= 4 is 26.8 Å². The van der Waals surface area contributed by atoms with Crippen LogP contribution in [-0.4, -0.2) is 75.9 Å². The highest BCUT2D eigenvalue weighted by molar-refractivity contribution is 7.89. The molecule has 2 heterocycles. The maximum atomic E-state index is 12.8. The molecule has 1 fully saturated rings. The monoisotopic (exact) mass is 584 g/mol. The number of H-pyrrole nitrogens is 1. The van der Waals surface area contributed by atoms with Gasteiger partial charge in [-0.1, -0.05) is 25.1 Å². The van der Waals surface area contributed by atoms with Crippen molar-refractivity contribution < 1.29 is 22.7 Å². The molecule has 10 heteroatoms. The number of aromatic amines is 1. The summed E-state index contributed by atoms with van der Waals surface area (Å²) >= 11 is 0. The van der Waals surface area contributed by atoms with Crippen molar-refractivity contribution in [1.29, 1.82) is 0 Å². The third-order valence-corrected chi connectivity index (χ3v) is 9.98. The van der Waals surface area contributed by atoms with Crippen molar-refractivity contribution in [2.24, 2.45) is 5.73 Å². The van der Waals surface area contributed by atoms with Crippen LogP contribution in [0.5, 0.6) is 0 Å². The Kier molecular flexibility index (Phi) is 11.0. The molecule has 1 aromatic heterocycles. The minimum absolute atomic E-state index is 0.110. The second kappa shape index (κ2) is 14.4. The molecule has 0 radical (unpaired) electrons. The highest BCUT2D eigenvalue weighted by Crippen LogP contribution is 2.37. The summed E-state index contributed by atoms with van der Waals surface area (Å²) in [6.07, 6.45) is 5.12. The van der Waals surface area contributed by atoms with E-state index >= 15 is 0 Å². The average molecular weight is 585 g/mol. The quantitative estimate of drug-likeness (QED) is 0.233. The van der Waals surface area contributed by atoms with Crippen LogP contribution < -0.4 is 11.1 Å². The summed E-state index contributed by atoms with van der Waals surface area (Å²) in [7, 11) is 0.0101. The number of nitrogens with zero attached hydrogens (tertiary/aromatic N) is 1. The summed E-state index contributed by atoms with van der Waals surface area (Å²) in [4.78, 5) is 15.4. The predicted molar refractivity (Wildman–Crippen MR) is 163 cm³/mol. The number of amides is 1. The van der Waals surface area contributed by atoms with Gasteiger partial charge in [-0.05, 0) is 77.6 Å². The van der Waals surface area contributed by atoms with Crippen LogP contribution in [0.4, 0.5) is 0 Å². The van der Waals surface area contributed by atoms with Gasteiger partial charge in [-0.25, -0.2) is 12.7 Å². The summed E-state index contributed by atoms with van der Waals surface area (Å²) in [6.45, 7) is 4.97. The molecule has 1 aliphatic rings. The number of benzene rings is 2. The van der Waals surface area contributed by atoms with Crippen molar-refractivity contribution in [2.75, 3.05) is 46.3 Å². The fourth-order valence-corrected chi connectivity index (χ4v) is 7.27. The maximum Gasteiger partial charge on any atom is 0.221 e. The minimum Gasteiger partial charge on any atom is -0.385 e. The number of sulfonamides is 1. The second-order valence-electron chi connectivity index (χ2n) is 10.9. The van der Waals surface area contributed by atoms with Gasteiger partial charge in [0.1, 0.15) is 0 Å². The number of ether oxygens (including phenoxy) is 2. The Morgan fingerprint density at radius 3 is 2.61 bits per heavy atom. The van der Waals surface area contributed by atoms with Crippen LogP contribution in [0, 0.1) is 0 Å². The van der Waals surface area contributed by atoms with Crippen LogP contribution in [0.3, 0.4) is 0 Å². The summed E-state index contributed by atoms with van der Waals surface area (Å²) in [5, 5.41) is 4.63. The lowest BCUT2D eigenvalue weighted by Crippen LogP contribution is -2.39. The van der Waals surface area contributed by atoms with E-state index < -0.39 is 10.0 Å². The van der Waals surface area contributed by atoms with Gasteiger partial charge in [-0.15, -0.1) is 0 Å². The zero-order chi connectivity index (χ0) is 29.4. The number of nitrogens with two attached hydrogens (primary N) is 1. The Morgan fingerprint density at radius 1 is 1.15 bits per heavy atom. The molecule has 9 nitrogen and oxygen atoms in total. The van der Waals surface area contributed by atoms with E-state index in [0.29, 0.717) is 32.7 Å². The van der Waals surface area contributed by atoms with Crippen LogP contribution in [0.1, 0.15) is 55.2 Å². The number of hydrogen-bond acceptors (Lipinski definition) is 6. The zero-order valence-electron chi connectivity index (χ0n) is 24.4. The molecule has 1 atom stereocenters. The third-order valence-electron chi connectivity index (χ3n) is 8.02. The molecule has 41 heavy (non-hydrogen) atoms. The highest BCUT2D eigenvalue weighted by Gasteiger charge is 2.29. The Morgan fingerprint density at radius 2 is 1.93 bits per heavy atom. The van der Waals surface area contributed by atoms with Crippen LogP contribution in [0.25, 0.3) is 22.0 Å². The fourth-order valence-electron chi connectivity index (χ4n) is 5.76. The summed E-state index contributed by atoms with van der Waals surface area (Å²) in [6, 6.07) is 13.0. The number of rotatable bonds is 15. The topological polar surface area (TPSA) is 127 Å².